The van der Waals surface area contributed by atoms with Crippen molar-refractivity contribution in [3.8, 4) is 0 Å². The van der Waals surface area contributed by atoms with Crippen molar-refractivity contribution < 1.29 is 0 Å². The first kappa shape index (κ1) is 15.8. The van der Waals surface area contributed by atoms with Crippen LogP contribution < -0.4 is 10.2 Å². The molecule has 1 saturated heterocycles. The molecule has 1 aliphatic rings. The van der Waals surface area contributed by atoms with Crippen LogP contribution in [0.4, 0.5) is 5.69 Å². The fourth-order valence-corrected chi connectivity index (χ4v) is 3.51. The zero-order chi connectivity index (χ0) is 13.4. The van der Waals surface area contributed by atoms with Crippen molar-refractivity contribution in [2.75, 3.05) is 31.1 Å². The van der Waals surface area contributed by atoms with E-state index in [0.29, 0.717) is 0 Å². The Balaban J connectivity index is 0.00000147. The minimum absolute atomic E-state index is 0. The average molecular weight is 377 g/mol. The summed E-state index contributed by atoms with van der Waals surface area (Å²) in [5, 5.41) is 5.22. The summed E-state index contributed by atoms with van der Waals surface area (Å²) < 4.78 is 1.02. The van der Waals surface area contributed by atoms with Gasteiger partial charge in [-0.1, -0.05) is 11.6 Å². The van der Waals surface area contributed by atoms with Crippen molar-refractivity contribution in [1.82, 2.24) is 10.3 Å². The number of benzene rings is 1. The number of nitrogens with zero attached hydrogens (tertiary/aromatic N) is 2. The number of halogens is 3. The highest BCUT2D eigenvalue weighted by Crippen LogP contribution is 2.36. The van der Waals surface area contributed by atoms with Gasteiger partial charge in [-0.05, 0) is 40.5 Å². The second-order valence-corrected chi connectivity index (χ2v) is 6.10. The zero-order valence-corrected chi connectivity index (χ0v) is 14.3. The van der Waals surface area contributed by atoms with Crippen LogP contribution in [-0.4, -0.2) is 31.2 Å². The monoisotopic (exact) mass is 375 g/mol. The molecule has 2 aromatic rings. The summed E-state index contributed by atoms with van der Waals surface area (Å²) in [6.07, 6.45) is 1.75. The Labute approximate surface area is 138 Å². The Morgan fingerprint density at radius 1 is 1.30 bits per heavy atom. The van der Waals surface area contributed by atoms with E-state index in [1.807, 2.05) is 0 Å². The van der Waals surface area contributed by atoms with E-state index in [-0.39, 0.29) is 12.4 Å². The quantitative estimate of drug-likeness (QED) is 0.820. The van der Waals surface area contributed by atoms with E-state index in [1.165, 1.54) is 5.56 Å². The molecule has 0 saturated carbocycles. The SMILES string of the molecule is Cc1cc(Br)c2ncc(Cl)c(N3CCNCC3)c2c1.Cl. The van der Waals surface area contributed by atoms with Crippen LogP contribution in [0.15, 0.2) is 22.8 Å². The average Bonchev–Trinajstić information content (AvgIpc) is 2.39. The van der Waals surface area contributed by atoms with Gasteiger partial charge >= 0.3 is 0 Å². The minimum atomic E-state index is 0. The van der Waals surface area contributed by atoms with Gasteiger partial charge in [0.15, 0.2) is 0 Å². The van der Waals surface area contributed by atoms with Crippen molar-refractivity contribution in [2.45, 2.75) is 6.92 Å². The summed E-state index contributed by atoms with van der Waals surface area (Å²) >= 11 is 10.00. The molecule has 1 aliphatic heterocycles. The van der Waals surface area contributed by atoms with Gasteiger partial charge in [0.05, 0.1) is 16.2 Å². The molecule has 3 nitrogen and oxygen atoms in total. The molecular weight excluding hydrogens is 361 g/mol. The van der Waals surface area contributed by atoms with Gasteiger partial charge in [-0.25, -0.2) is 0 Å². The normalized spacial score (nSPS) is 15.2. The first-order valence-electron chi connectivity index (χ1n) is 6.37. The largest absolute Gasteiger partial charge is 0.367 e. The summed E-state index contributed by atoms with van der Waals surface area (Å²) in [5.74, 6) is 0. The van der Waals surface area contributed by atoms with E-state index in [1.54, 1.807) is 6.20 Å². The van der Waals surface area contributed by atoms with E-state index in [4.69, 9.17) is 11.6 Å². The molecule has 0 aliphatic carbocycles. The summed E-state index contributed by atoms with van der Waals surface area (Å²) in [5.41, 5.74) is 3.29. The molecule has 0 amide bonds. The first-order valence-corrected chi connectivity index (χ1v) is 7.54. The van der Waals surface area contributed by atoms with Crippen LogP contribution in [0.1, 0.15) is 5.56 Å². The van der Waals surface area contributed by atoms with Crippen molar-refractivity contribution in [2.24, 2.45) is 0 Å². The highest BCUT2D eigenvalue weighted by atomic mass is 79.9. The lowest BCUT2D eigenvalue weighted by Gasteiger charge is -2.31. The number of hydrogen-bond acceptors (Lipinski definition) is 3. The van der Waals surface area contributed by atoms with Gasteiger partial charge in [-0.2, -0.15) is 0 Å². The number of aryl methyl sites for hydroxylation is 1. The molecule has 2 heterocycles. The fourth-order valence-electron chi connectivity index (χ4n) is 2.57. The summed E-state index contributed by atoms with van der Waals surface area (Å²) in [6, 6.07) is 4.25. The van der Waals surface area contributed by atoms with Crippen LogP contribution in [0, 0.1) is 6.92 Å². The summed E-state index contributed by atoms with van der Waals surface area (Å²) in [7, 11) is 0. The number of piperazine rings is 1. The molecule has 3 rings (SSSR count). The predicted molar refractivity (Wildman–Crippen MR) is 91.5 cm³/mol. The van der Waals surface area contributed by atoms with Gasteiger partial charge in [0.25, 0.3) is 0 Å². The van der Waals surface area contributed by atoms with E-state index in [9.17, 15) is 0 Å². The molecule has 0 spiro atoms. The smallest absolute Gasteiger partial charge is 0.0866 e. The standard InChI is InChI=1S/C14H15BrClN3.ClH/c1-9-6-10-13(11(15)7-9)18-8-12(16)14(10)19-4-2-17-3-5-19;/h6-8,17H,2-5H2,1H3;1H. The molecule has 6 heteroatoms. The van der Waals surface area contributed by atoms with Gasteiger partial charge in [-0.15, -0.1) is 12.4 Å². The first-order chi connectivity index (χ1) is 9.16. The number of nitrogens with one attached hydrogen (secondary N) is 1. The van der Waals surface area contributed by atoms with Crippen LogP contribution in [0.3, 0.4) is 0 Å². The molecule has 0 unspecified atom stereocenters. The number of fused-ring (bicyclic) bond motifs is 1. The Bertz CT molecular complexity index is 627. The molecule has 0 radical (unpaired) electrons. The van der Waals surface area contributed by atoms with Gasteiger partial charge in [-0.3, -0.25) is 4.98 Å². The molecular formula is C14H16BrCl2N3. The van der Waals surface area contributed by atoms with Crippen LogP contribution >= 0.6 is 39.9 Å². The minimum Gasteiger partial charge on any atom is -0.367 e. The molecule has 1 N–H and O–H groups in total. The van der Waals surface area contributed by atoms with Crippen molar-refractivity contribution in [1.29, 1.82) is 0 Å². The van der Waals surface area contributed by atoms with Crippen LogP contribution in [0.25, 0.3) is 10.9 Å². The lowest BCUT2D eigenvalue weighted by atomic mass is 10.1. The van der Waals surface area contributed by atoms with Gasteiger partial charge < -0.3 is 10.2 Å². The van der Waals surface area contributed by atoms with E-state index < -0.39 is 0 Å². The third kappa shape index (κ3) is 2.89. The fraction of sp³-hybridized carbons (Fsp3) is 0.357. The van der Waals surface area contributed by atoms with Crippen molar-refractivity contribution in [3.63, 3.8) is 0 Å². The van der Waals surface area contributed by atoms with Crippen LogP contribution in [-0.2, 0) is 0 Å². The Hall–Kier alpha value is -0.550. The second kappa shape index (κ2) is 6.48. The molecule has 0 atom stereocenters. The molecule has 0 bridgehead atoms. The number of rotatable bonds is 1. The van der Waals surface area contributed by atoms with E-state index >= 15 is 0 Å². The van der Waals surface area contributed by atoms with E-state index in [2.05, 4.69) is 50.2 Å². The lowest BCUT2D eigenvalue weighted by Crippen LogP contribution is -2.43. The summed E-state index contributed by atoms with van der Waals surface area (Å²) in [4.78, 5) is 6.80. The van der Waals surface area contributed by atoms with Crippen molar-refractivity contribution >= 4 is 56.5 Å². The van der Waals surface area contributed by atoms with E-state index in [0.717, 1.165) is 52.3 Å². The maximum Gasteiger partial charge on any atom is 0.0866 e. The topological polar surface area (TPSA) is 28.2 Å². The molecule has 108 valence electrons. The molecule has 1 fully saturated rings. The van der Waals surface area contributed by atoms with Gasteiger partial charge in [0.2, 0.25) is 0 Å². The molecule has 20 heavy (non-hydrogen) atoms. The summed E-state index contributed by atoms with van der Waals surface area (Å²) in [6.45, 7) is 6.03. The third-order valence-electron chi connectivity index (χ3n) is 3.43. The van der Waals surface area contributed by atoms with Gasteiger partial charge in [0, 0.05) is 42.2 Å². The number of anilines is 1. The number of pyridine rings is 1. The molecule has 1 aromatic carbocycles. The molecule has 1 aromatic heterocycles. The van der Waals surface area contributed by atoms with Crippen molar-refractivity contribution in [3.05, 3.63) is 33.4 Å². The Morgan fingerprint density at radius 3 is 2.70 bits per heavy atom. The number of aromatic nitrogens is 1. The van der Waals surface area contributed by atoms with Gasteiger partial charge in [0.1, 0.15) is 0 Å². The van der Waals surface area contributed by atoms with Crippen LogP contribution in [0.5, 0.6) is 0 Å². The maximum absolute atomic E-state index is 6.40. The van der Waals surface area contributed by atoms with Crippen LogP contribution in [0.2, 0.25) is 5.02 Å². The number of hydrogen-bond donors (Lipinski definition) is 1. The Morgan fingerprint density at radius 2 is 2.00 bits per heavy atom. The lowest BCUT2D eigenvalue weighted by molar-refractivity contribution is 0.590. The highest BCUT2D eigenvalue weighted by molar-refractivity contribution is 9.10. The highest BCUT2D eigenvalue weighted by Gasteiger charge is 2.18. The zero-order valence-electron chi connectivity index (χ0n) is 11.1. The Kier molecular flexibility index (Phi) is 5.13. The predicted octanol–water partition coefficient (Wildman–Crippen LogP) is 3.79. The third-order valence-corrected chi connectivity index (χ3v) is 4.31. The maximum atomic E-state index is 6.40. The second-order valence-electron chi connectivity index (χ2n) is 4.83.